The highest BCUT2D eigenvalue weighted by Crippen LogP contribution is 2.83. The number of hydrogen-bond acceptors (Lipinski definition) is 5. The van der Waals surface area contributed by atoms with Crippen LogP contribution in [0.1, 0.15) is 104 Å². The molecule has 7 aliphatic rings. The van der Waals surface area contributed by atoms with Crippen molar-refractivity contribution < 1.29 is 19.4 Å². The highest BCUT2D eigenvalue weighted by molar-refractivity contribution is 5.84. The first kappa shape index (κ1) is 33.9. The van der Waals surface area contributed by atoms with Gasteiger partial charge in [-0.25, -0.2) is 0 Å². The lowest BCUT2D eigenvalue weighted by atomic mass is 9.56. The molecular weight excluding hydrogens is 610 g/mol. The maximum atomic E-state index is 12.7. The highest BCUT2D eigenvalue weighted by atomic mass is 16.5. The van der Waals surface area contributed by atoms with Crippen LogP contribution < -0.4 is 10.6 Å². The van der Waals surface area contributed by atoms with Crippen LogP contribution in [-0.4, -0.2) is 71.9 Å². The van der Waals surface area contributed by atoms with E-state index in [0.29, 0.717) is 48.1 Å². The highest BCUT2D eigenvalue weighted by Gasteiger charge is 2.77. The van der Waals surface area contributed by atoms with Crippen LogP contribution in [-0.2, 0) is 20.7 Å². The maximum Gasteiger partial charge on any atom is 0.239 e. The molecular formula is C42H61N3O4. The van der Waals surface area contributed by atoms with E-state index < -0.39 is 0 Å². The molecule has 6 fully saturated rings. The molecule has 4 saturated carbocycles. The number of carbonyl (C=O) groups excluding carboxylic acids is 2. The van der Waals surface area contributed by atoms with Gasteiger partial charge in [-0.05, 0) is 116 Å². The van der Waals surface area contributed by atoms with Gasteiger partial charge in [-0.15, -0.1) is 0 Å². The van der Waals surface area contributed by atoms with E-state index in [1.54, 1.807) is 5.57 Å². The van der Waals surface area contributed by atoms with Gasteiger partial charge in [-0.1, -0.05) is 69.7 Å². The summed E-state index contributed by atoms with van der Waals surface area (Å²) in [5, 5.41) is 16.3. The van der Waals surface area contributed by atoms with Crippen molar-refractivity contribution in [2.45, 2.75) is 129 Å². The molecule has 2 unspecified atom stereocenters. The first-order chi connectivity index (χ1) is 23.5. The van der Waals surface area contributed by atoms with Gasteiger partial charge in [-0.3, -0.25) is 14.5 Å². The summed E-state index contributed by atoms with van der Waals surface area (Å²) >= 11 is 0. The second-order valence-corrected chi connectivity index (χ2v) is 18.4. The summed E-state index contributed by atoms with van der Waals surface area (Å²) in [6, 6.07) is 10.4. The molecule has 0 bridgehead atoms. The smallest absolute Gasteiger partial charge is 0.239 e. The Morgan fingerprint density at radius 1 is 1.00 bits per heavy atom. The Hall–Kier alpha value is -2.22. The number of piperidine rings is 1. The van der Waals surface area contributed by atoms with Crippen molar-refractivity contribution in [2.75, 3.05) is 26.2 Å². The molecule has 3 N–H and O–H groups in total. The summed E-state index contributed by atoms with van der Waals surface area (Å²) in [6.07, 6.45) is 15.5. The van der Waals surface area contributed by atoms with Gasteiger partial charge >= 0.3 is 0 Å². The summed E-state index contributed by atoms with van der Waals surface area (Å²) in [6.45, 7) is 12.5. The number of nitrogens with one attached hydrogen (secondary N) is 2. The monoisotopic (exact) mass is 671 g/mol. The van der Waals surface area contributed by atoms with Gasteiger partial charge in [-0.2, -0.15) is 0 Å². The van der Waals surface area contributed by atoms with E-state index in [1.807, 2.05) is 30.3 Å². The Balaban J connectivity index is 0.887. The third kappa shape index (κ3) is 5.73. The van der Waals surface area contributed by atoms with Crippen LogP contribution >= 0.6 is 0 Å². The number of aliphatic hydroxyl groups is 1. The average molecular weight is 672 g/mol. The molecule has 2 aliphatic heterocycles. The molecule has 1 aromatic carbocycles. The van der Waals surface area contributed by atoms with Crippen molar-refractivity contribution in [1.82, 2.24) is 15.5 Å². The number of nitrogens with zero attached hydrogens (tertiary/aromatic N) is 1. The topological polar surface area (TPSA) is 90.9 Å². The first-order valence-corrected chi connectivity index (χ1v) is 19.8. The Morgan fingerprint density at radius 3 is 2.63 bits per heavy atom. The molecule has 8 rings (SSSR count). The number of amides is 2. The van der Waals surface area contributed by atoms with E-state index in [1.165, 1.54) is 44.9 Å². The Morgan fingerprint density at radius 2 is 1.82 bits per heavy atom. The lowest BCUT2D eigenvalue weighted by Crippen LogP contribution is -2.54. The number of allylic oxidation sites excluding steroid dienone is 1. The van der Waals surface area contributed by atoms with Crippen molar-refractivity contribution in [3.05, 3.63) is 47.5 Å². The Bertz CT molecular complexity index is 1460. The van der Waals surface area contributed by atoms with E-state index in [0.717, 1.165) is 55.7 Å². The van der Waals surface area contributed by atoms with Crippen molar-refractivity contribution >= 4 is 11.8 Å². The van der Waals surface area contributed by atoms with Crippen LogP contribution in [0.2, 0.25) is 0 Å². The van der Waals surface area contributed by atoms with Crippen molar-refractivity contribution in [1.29, 1.82) is 0 Å². The molecule has 49 heavy (non-hydrogen) atoms. The summed E-state index contributed by atoms with van der Waals surface area (Å²) in [5.41, 5.74) is 3.77. The molecule has 5 aliphatic carbocycles. The Labute approximate surface area is 294 Å². The van der Waals surface area contributed by atoms with Gasteiger partial charge in [0, 0.05) is 38.0 Å². The minimum absolute atomic E-state index is 0.0285. The number of carbonyl (C=O) groups is 2. The molecule has 7 nitrogen and oxygen atoms in total. The predicted octanol–water partition coefficient (Wildman–Crippen LogP) is 6.05. The lowest BCUT2D eigenvalue weighted by Gasteiger charge is -2.49. The van der Waals surface area contributed by atoms with E-state index in [-0.39, 0.29) is 41.6 Å². The van der Waals surface area contributed by atoms with E-state index >= 15 is 0 Å². The summed E-state index contributed by atoms with van der Waals surface area (Å²) in [7, 11) is 0. The maximum absolute atomic E-state index is 12.7. The number of ether oxygens (including phenoxy) is 1. The molecule has 1 aromatic rings. The second kappa shape index (κ2) is 12.5. The van der Waals surface area contributed by atoms with Crippen LogP contribution in [0.25, 0.3) is 0 Å². The van der Waals surface area contributed by atoms with E-state index in [4.69, 9.17) is 4.74 Å². The van der Waals surface area contributed by atoms with Crippen molar-refractivity contribution in [3.8, 4) is 0 Å². The molecule has 0 radical (unpaired) electrons. The van der Waals surface area contributed by atoms with Crippen LogP contribution in [0.5, 0.6) is 0 Å². The third-order valence-corrected chi connectivity index (χ3v) is 15.7. The van der Waals surface area contributed by atoms with Gasteiger partial charge in [0.2, 0.25) is 11.8 Å². The first-order valence-electron chi connectivity index (χ1n) is 19.8. The normalized spacial score (nSPS) is 45.2. The standard InChI is InChI=1S/C42H61N3O4/c1-27-20-35-38(45(24-27)19-18-43-37(48)23-44-36(47)13-10-29-8-6-5-7-9-29)28(2)42(49-35)17-15-33-32-12-11-30-21-31(46)14-16-40(30,4)34(32)22-41(33)25-39(41,3)26-42/h5-9,21,27-28,31-35,38,46H,10-20,22-26H2,1-4H3,(H,43,48)(H,44,47)/t27-,28+,31-,32-,33-,34-,35+,38-,39?,40-,41?,42-/m0/s1. The number of aliphatic hydroxyl groups excluding tert-OH is 1. The lowest BCUT2D eigenvalue weighted by molar-refractivity contribution is -0.126. The van der Waals surface area contributed by atoms with Crippen LogP contribution in [0.15, 0.2) is 42.0 Å². The van der Waals surface area contributed by atoms with Crippen LogP contribution in [0.3, 0.4) is 0 Å². The zero-order chi connectivity index (χ0) is 34.2. The van der Waals surface area contributed by atoms with Gasteiger partial charge in [0.05, 0.1) is 24.4 Å². The molecule has 12 atom stereocenters. The SMILES string of the molecule is C[C@H]1C[C@H]2O[C@]3(CC[C@H]4[C@@H]5CCC6=C[C@@H](O)CC[C@]6(C)[C@H]5CC45CC5(C)C3)[C@H](C)[C@@H]2N(CCNC(=O)CNC(=O)CCc2ccccc2)C1. The number of likely N-dealkylation sites (tertiary alicyclic amines) is 1. The number of benzene rings is 1. The molecule has 268 valence electrons. The Kier molecular flexibility index (Phi) is 8.63. The number of rotatable bonds is 8. The fourth-order valence-electron chi connectivity index (χ4n) is 13.3. The van der Waals surface area contributed by atoms with Crippen LogP contribution in [0, 0.1) is 45.8 Å². The van der Waals surface area contributed by atoms with Gasteiger partial charge in [0.1, 0.15) is 0 Å². The average Bonchev–Trinajstić information content (AvgIpc) is 3.38. The van der Waals surface area contributed by atoms with E-state index in [2.05, 4.69) is 49.3 Å². The number of aryl methyl sites for hydroxylation is 1. The van der Waals surface area contributed by atoms with Crippen molar-refractivity contribution in [2.24, 2.45) is 45.8 Å². The molecule has 2 amide bonds. The molecule has 7 heteroatoms. The minimum Gasteiger partial charge on any atom is -0.389 e. The number of hydrogen-bond donors (Lipinski definition) is 3. The quantitative estimate of drug-likeness (QED) is 0.293. The number of fused-ring (bicyclic) bond motifs is 5. The van der Waals surface area contributed by atoms with Crippen LogP contribution in [0.4, 0.5) is 0 Å². The van der Waals surface area contributed by atoms with Gasteiger partial charge in [0.25, 0.3) is 0 Å². The second-order valence-electron chi connectivity index (χ2n) is 18.4. The largest absolute Gasteiger partial charge is 0.389 e. The summed E-state index contributed by atoms with van der Waals surface area (Å²) in [5.74, 6) is 3.24. The minimum atomic E-state index is -0.234. The van der Waals surface area contributed by atoms with E-state index in [9.17, 15) is 14.7 Å². The summed E-state index contributed by atoms with van der Waals surface area (Å²) in [4.78, 5) is 27.7. The van der Waals surface area contributed by atoms with Gasteiger partial charge < -0.3 is 20.5 Å². The molecule has 2 spiro atoms. The molecule has 0 aromatic heterocycles. The fourth-order valence-corrected chi connectivity index (χ4v) is 13.3. The third-order valence-electron chi connectivity index (χ3n) is 15.7. The van der Waals surface area contributed by atoms with Crippen molar-refractivity contribution in [3.63, 3.8) is 0 Å². The zero-order valence-corrected chi connectivity index (χ0v) is 30.5. The fraction of sp³-hybridized carbons (Fsp3) is 0.762. The zero-order valence-electron chi connectivity index (χ0n) is 30.5. The van der Waals surface area contributed by atoms with Gasteiger partial charge in [0.15, 0.2) is 0 Å². The molecule has 2 heterocycles. The predicted molar refractivity (Wildman–Crippen MR) is 191 cm³/mol. The summed E-state index contributed by atoms with van der Waals surface area (Å²) < 4.78 is 7.40. The molecule has 2 saturated heterocycles.